The topological polar surface area (TPSA) is 61.5 Å². The van der Waals surface area contributed by atoms with Gasteiger partial charge in [0.2, 0.25) is 0 Å². The predicted octanol–water partition coefficient (Wildman–Crippen LogP) is 3.16. The van der Waals surface area contributed by atoms with E-state index in [4.69, 9.17) is 10.5 Å². The molecular weight excluding hydrogens is 326 g/mol. The van der Waals surface area contributed by atoms with Crippen molar-refractivity contribution >= 4 is 18.4 Å². The van der Waals surface area contributed by atoms with Gasteiger partial charge in [-0.2, -0.15) is 0 Å². The van der Waals surface area contributed by atoms with E-state index in [1.165, 1.54) is 12.7 Å². The van der Waals surface area contributed by atoms with E-state index in [1.807, 2.05) is 42.5 Å². The third kappa shape index (κ3) is 6.60. The second-order valence-electron chi connectivity index (χ2n) is 5.42. The van der Waals surface area contributed by atoms with Crippen LogP contribution in [0, 0.1) is 0 Å². The summed E-state index contributed by atoms with van der Waals surface area (Å²) in [5.74, 6) is 0.430. The molecule has 5 heteroatoms. The van der Waals surface area contributed by atoms with Crippen LogP contribution in [-0.4, -0.2) is 25.7 Å². The van der Waals surface area contributed by atoms with Crippen LogP contribution >= 0.6 is 12.4 Å². The summed E-state index contributed by atoms with van der Waals surface area (Å²) >= 11 is 0. The molecule has 0 aromatic heterocycles. The fourth-order valence-electron chi connectivity index (χ4n) is 2.32. The first-order valence-corrected chi connectivity index (χ1v) is 7.78. The van der Waals surface area contributed by atoms with Crippen LogP contribution in [0.3, 0.4) is 0 Å². The Kier molecular flexibility index (Phi) is 8.90. The van der Waals surface area contributed by atoms with Gasteiger partial charge in [-0.3, -0.25) is 4.79 Å². The van der Waals surface area contributed by atoms with Gasteiger partial charge in [0, 0.05) is 0 Å². The molecule has 0 aliphatic rings. The van der Waals surface area contributed by atoms with Crippen LogP contribution in [0.4, 0.5) is 0 Å². The number of carbonyl (C=O) groups excluding carboxylic acids is 1. The molecule has 0 unspecified atom stereocenters. The average molecular weight is 350 g/mol. The Morgan fingerprint density at radius 1 is 1.04 bits per heavy atom. The lowest BCUT2D eigenvalue weighted by atomic mass is 10.1. The third-order valence-corrected chi connectivity index (χ3v) is 3.60. The summed E-state index contributed by atoms with van der Waals surface area (Å²) in [4.78, 5) is 11.3. The molecule has 0 radical (unpaired) electrons. The lowest BCUT2D eigenvalue weighted by Crippen LogP contribution is -2.33. The second-order valence-corrected chi connectivity index (χ2v) is 5.42. The highest BCUT2D eigenvalue weighted by Gasteiger charge is 2.13. The summed E-state index contributed by atoms with van der Waals surface area (Å²) in [5, 5.41) is 0. The summed E-state index contributed by atoms with van der Waals surface area (Å²) < 4.78 is 10.4. The Morgan fingerprint density at radius 2 is 1.71 bits per heavy atom. The molecule has 130 valence electrons. The van der Waals surface area contributed by atoms with E-state index < -0.39 is 12.0 Å². The zero-order valence-electron chi connectivity index (χ0n) is 13.8. The van der Waals surface area contributed by atoms with E-state index in [1.54, 1.807) is 0 Å². The normalized spacial score (nSPS) is 11.2. The first-order valence-electron chi connectivity index (χ1n) is 7.78. The lowest BCUT2D eigenvalue weighted by molar-refractivity contribution is -0.142. The molecule has 1 atom stereocenters. The van der Waals surface area contributed by atoms with Gasteiger partial charge in [-0.05, 0) is 42.5 Å². The van der Waals surface area contributed by atoms with Crippen LogP contribution < -0.4 is 10.5 Å². The maximum Gasteiger partial charge on any atom is 0.322 e. The number of esters is 1. The number of nitrogens with two attached hydrogens (primary N) is 1. The quantitative estimate of drug-likeness (QED) is 0.587. The maximum absolute atomic E-state index is 11.3. The zero-order valence-corrected chi connectivity index (χ0v) is 14.6. The molecule has 0 spiro atoms. The Morgan fingerprint density at radius 3 is 2.33 bits per heavy atom. The Hall–Kier alpha value is -2.04. The SMILES string of the molecule is COC(=O)[C@H](N)Cc1ccc(OCCCc2ccccc2)cc1.Cl. The minimum absolute atomic E-state index is 0. The van der Waals surface area contributed by atoms with E-state index in [-0.39, 0.29) is 12.4 Å². The van der Waals surface area contributed by atoms with Crippen molar-refractivity contribution in [3.8, 4) is 5.75 Å². The van der Waals surface area contributed by atoms with E-state index in [9.17, 15) is 4.79 Å². The van der Waals surface area contributed by atoms with Gasteiger partial charge in [-0.15, -0.1) is 12.4 Å². The van der Waals surface area contributed by atoms with Gasteiger partial charge in [0.1, 0.15) is 11.8 Å². The van der Waals surface area contributed by atoms with Crippen LogP contribution in [-0.2, 0) is 22.4 Å². The summed E-state index contributed by atoms with van der Waals surface area (Å²) in [7, 11) is 1.34. The number of hydrogen-bond acceptors (Lipinski definition) is 4. The molecule has 2 N–H and O–H groups in total. The first-order chi connectivity index (χ1) is 11.2. The molecule has 0 saturated heterocycles. The fourth-order valence-corrected chi connectivity index (χ4v) is 2.32. The van der Waals surface area contributed by atoms with Crippen LogP contribution in [0.25, 0.3) is 0 Å². The fraction of sp³-hybridized carbons (Fsp3) is 0.316. The van der Waals surface area contributed by atoms with Crippen molar-refractivity contribution in [1.82, 2.24) is 0 Å². The highest BCUT2D eigenvalue weighted by atomic mass is 35.5. The number of aryl methyl sites for hydroxylation is 1. The van der Waals surface area contributed by atoms with Crippen molar-refractivity contribution < 1.29 is 14.3 Å². The molecule has 2 rings (SSSR count). The Bertz CT molecular complexity index is 602. The molecule has 0 aliphatic carbocycles. The van der Waals surface area contributed by atoms with Crippen LogP contribution in [0.2, 0.25) is 0 Å². The van der Waals surface area contributed by atoms with Crippen molar-refractivity contribution in [2.75, 3.05) is 13.7 Å². The molecular formula is C19H24ClNO3. The Labute approximate surface area is 149 Å². The van der Waals surface area contributed by atoms with Crippen molar-refractivity contribution in [2.24, 2.45) is 5.73 Å². The van der Waals surface area contributed by atoms with Crippen LogP contribution in [0.5, 0.6) is 5.75 Å². The molecule has 0 heterocycles. The number of halogens is 1. The molecule has 24 heavy (non-hydrogen) atoms. The largest absolute Gasteiger partial charge is 0.494 e. The van der Waals surface area contributed by atoms with E-state index in [0.29, 0.717) is 13.0 Å². The minimum atomic E-state index is -0.627. The summed E-state index contributed by atoms with van der Waals surface area (Å²) in [5.41, 5.74) is 8.05. The number of carbonyl (C=O) groups is 1. The van der Waals surface area contributed by atoms with E-state index in [0.717, 1.165) is 24.2 Å². The predicted molar refractivity (Wildman–Crippen MR) is 97.6 cm³/mol. The molecule has 0 aliphatic heterocycles. The summed E-state index contributed by atoms with van der Waals surface area (Å²) in [6.07, 6.45) is 2.44. The second kappa shape index (κ2) is 10.7. The minimum Gasteiger partial charge on any atom is -0.494 e. The molecule has 0 saturated carbocycles. The monoisotopic (exact) mass is 349 g/mol. The van der Waals surface area contributed by atoms with Gasteiger partial charge >= 0.3 is 5.97 Å². The van der Waals surface area contributed by atoms with Gasteiger partial charge in [-0.1, -0.05) is 42.5 Å². The molecule has 0 fully saturated rings. The highest BCUT2D eigenvalue weighted by Crippen LogP contribution is 2.14. The van der Waals surface area contributed by atoms with E-state index >= 15 is 0 Å². The van der Waals surface area contributed by atoms with Crippen molar-refractivity contribution in [3.63, 3.8) is 0 Å². The molecule has 2 aromatic rings. The van der Waals surface area contributed by atoms with Gasteiger partial charge in [0.15, 0.2) is 0 Å². The van der Waals surface area contributed by atoms with Crippen molar-refractivity contribution in [2.45, 2.75) is 25.3 Å². The highest BCUT2D eigenvalue weighted by molar-refractivity contribution is 5.85. The van der Waals surface area contributed by atoms with Crippen LogP contribution in [0.15, 0.2) is 54.6 Å². The Balaban J connectivity index is 0.00000288. The lowest BCUT2D eigenvalue weighted by Gasteiger charge is -2.10. The first kappa shape index (κ1) is 20.0. The number of methoxy groups -OCH3 is 1. The third-order valence-electron chi connectivity index (χ3n) is 3.60. The summed E-state index contributed by atoms with van der Waals surface area (Å²) in [6, 6.07) is 17.4. The molecule has 0 amide bonds. The smallest absolute Gasteiger partial charge is 0.322 e. The molecule has 4 nitrogen and oxygen atoms in total. The van der Waals surface area contributed by atoms with Gasteiger partial charge in [-0.25, -0.2) is 0 Å². The maximum atomic E-state index is 11.3. The number of ether oxygens (including phenoxy) is 2. The van der Waals surface area contributed by atoms with Gasteiger partial charge in [0.05, 0.1) is 13.7 Å². The average Bonchev–Trinajstić information content (AvgIpc) is 2.60. The number of hydrogen-bond donors (Lipinski definition) is 1. The van der Waals surface area contributed by atoms with Gasteiger partial charge < -0.3 is 15.2 Å². The molecule has 0 bridgehead atoms. The standard InChI is InChI=1S/C19H23NO3.ClH/c1-22-19(21)18(20)14-16-9-11-17(12-10-16)23-13-5-8-15-6-3-2-4-7-15;/h2-4,6-7,9-12,18H,5,8,13-14,20H2,1H3;1H/t18-;/m1./s1. The van der Waals surface area contributed by atoms with Crippen molar-refractivity contribution in [3.05, 3.63) is 65.7 Å². The van der Waals surface area contributed by atoms with Crippen molar-refractivity contribution in [1.29, 1.82) is 0 Å². The zero-order chi connectivity index (χ0) is 16.5. The number of rotatable bonds is 8. The number of benzene rings is 2. The molecule has 2 aromatic carbocycles. The van der Waals surface area contributed by atoms with Gasteiger partial charge in [0.25, 0.3) is 0 Å². The van der Waals surface area contributed by atoms with Crippen LogP contribution in [0.1, 0.15) is 17.5 Å². The summed E-state index contributed by atoms with van der Waals surface area (Å²) in [6.45, 7) is 0.677. The van der Waals surface area contributed by atoms with E-state index in [2.05, 4.69) is 16.9 Å².